The molecule has 1 saturated heterocycles. The average molecular weight is 675 g/mol. The number of carbonyl (C=O) groups excluding carboxylic acids is 1. The summed E-state index contributed by atoms with van der Waals surface area (Å²) in [4.78, 5) is 44.8. The van der Waals surface area contributed by atoms with E-state index in [9.17, 15) is 36.0 Å². The first-order valence-corrected chi connectivity index (χ1v) is 16.1. The first-order chi connectivity index (χ1) is 20.8. The normalized spacial score (nSPS) is 16.2. The number of aromatic amines is 1. The van der Waals surface area contributed by atoms with Gasteiger partial charge in [0, 0.05) is 43.3 Å². The predicted octanol–water partition coefficient (Wildman–Crippen LogP) is 4.52. The van der Waals surface area contributed by atoms with Crippen LogP contribution in [0.15, 0.2) is 44.8 Å². The van der Waals surface area contributed by atoms with Crippen LogP contribution in [0.3, 0.4) is 0 Å². The number of hydrogen-bond acceptors (Lipinski definition) is 8. The van der Waals surface area contributed by atoms with Crippen molar-refractivity contribution < 1.29 is 35.9 Å². The molecule has 0 bridgehead atoms. The minimum Gasteiger partial charge on any atom is -0.444 e. The largest absolute Gasteiger partial charge is 0.573 e. The fourth-order valence-electron chi connectivity index (χ4n) is 5.11. The number of ether oxygens (including phenoxy) is 2. The number of nitrogens with zero attached hydrogens (tertiary/aromatic N) is 3. The number of nitrogens with one attached hydrogen (secondary N) is 1. The van der Waals surface area contributed by atoms with Crippen LogP contribution in [-0.2, 0) is 27.7 Å². The molecule has 1 amide bonds. The van der Waals surface area contributed by atoms with E-state index in [1.165, 1.54) is 36.1 Å². The molecule has 1 aliphatic heterocycles. The van der Waals surface area contributed by atoms with E-state index in [1.54, 1.807) is 27.8 Å². The average Bonchev–Trinajstić information content (AvgIpc) is 3.38. The minimum absolute atomic E-state index is 0.0279. The van der Waals surface area contributed by atoms with E-state index in [0.717, 1.165) is 6.07 Å². The van der Waals surface area contributed by atoms with Crippen LogP contribution in [0.2, 0.25) is 5.02 Å². The number of halogens is 4. The third-order valence-electron chi connectivity index (χ3n) is 7.33. The second kappa shape index (κ2) is 12.7. The number of fused-ring (bicyclic) bond motifs is 1. The molecule has 1 unspecified atom stereocenters. The lowest BCUT2D eigenvalue weighted by Crippen LogP contribution is -2.42. The number of carbonyl (C=O) groups is 1. The van der Waals surface area contributed by atoms with E-state index < -0.39 is 51.4 Å². The Morgan fingerprint density at radius 2 is 1.80 bits per heavy atom. The van der Waals surface area contributed by atoms with Gasteiger partial charge in [0.15, 0.2) is 9.84 Å². The zero-order chi connectivity index (χ0) is 33.5. The number of sulfone groups is 1. The first kappa shape index (κ1) is 34.3. The number of alkyl halides is 3. The Bertz CT molecular complexity index is 1830. The number of benzene rings is 2. The maximum atomic E-state index is 13.5. The predicted molar refractivity (Wildman–Crippen MR) is 161 cm³/mol. The van der Waals surface area contributed by atoms with Crippen LogP contribution in [0.5, 0.6) is 5.75 Å². The highest BCUT2D eigenvalue weighted by Gasteiger charge is 2.35. The van der Waals surface area contributed by atoms with Crippen LogP contribution in [-0.4, -0.2) is 77.8 Å². The molecule has 16 heteroatoms. The highest BCUT2D eigenvalue weighted by Crippen LogP contribution is 2.31. The summed E-state index contributed by atoms with van der Waals surface area (Å²) in [5, 5.41) is -0.110. The molecular formula is C29H34ClF3N4O7S. The molecule has 2 aromatic carbocycles. The van der Waals surface area contributed by atoms with Crippen molar-refractivity contribution in [3.8, 4) is 5.75 Å². The van der Waals surface area contributed by atoms with Crippen LogP contribution in [0, 0.1) is 0 Å². The topological polar surface area (TPSA) is 131 Å². The van der Waals surface area contributed by atoms with Crippen molar-refractivity contribution >= 4 is 38.4 Å². The van der Waals surface area contributed by atoms with Gasteiger partial charge in [-0.05, 0) is 63.1 Å². The summed E-state index contributed by atoms with van der Waals surface area (Å²) in [7, 11) is -2.17. The number of amides is 1. The Balaban J connectivity index is 1.70. The first-order valence-electron chi connectivity index (χ1n) is 14.0. The Hall–Kier alpha value is -3.56. The molecule has 1 N–H and O–H groups in total. The molecule has 1 aromatic heterocycles. The monoisotopic (exact) mass is 674 g/mol. The van der Waals surface area contributed by atoms with Crippen LogP contribution in [0.1, 0.15) is 45.2 Å². The van der Waals surface area contributed by atoms with Crippen LogP contribution in [0.4, 0.5) is 18.0 Å². The summed E-state index contributed by atoms with van der Waals surface area (Å²) in [6, 6.07) is 5.85. The summed E-state index contributed by atoms with van der Waals surface area (Å²) >= 11 is 6.07. The van der Waals surface area contributed by atoms with Gasteiger partial charge in [0.25, 0.3) is 5.56 Å². The fraction of sp³-hybridized carbons (Fsp3) is 0.483. The second-order valence-electron chi connectivity index (χ2n) is 11.8. The van der Waals surface area contributed by atoms with Crippen molar-refractivity contribution in [1.82, 2.24) is 19.4 Å². The van der Waals surface area contributed by atoms with Crippen molar-refractivity contribution in [2.45, 2.75) is 70.1 Å². The van der Waals surface area contributed by atoms with E-state index in [1.807, 2.05) is 4.90 Å². The molecule has 11 nitrogen and oxygen atoms in total. The number of H-pyrrole nitrogens is 1. The van der Waals surface area contributed by atoms with Crippen molar-refractivity contribution in [3.63, 3.8) is 0 Å². The molecule has 0 aliphatic carbocycles. The standard InChI is InChI=1S/C29H34ClF3N4O7S/c1-6-45(41,42)24-8-7-19(30)11-18(24)15-37-25(38)21-13-23(43-29(31,32)33)17(12-22(21)34-26(37)39)14-36-10-9-20(16-36)35(5)27(40)44-28(2,3)4/h7-8,11-13,20H,6,9-10,14-16H2,1-5H3,(H,34,39). The van der Waals surface area contributed by atoms with Gasteiger partial charge in [-0.3, -0.25) is 14.3 Å². The van der Waals surface area contributed by atoms with Gasteiger partial charge in [-0.2, -0.15) is 0 Å². The smallest absolute Gasteiger partial charge is 0.444 e. The fourth-order valence-corrected chi connectivity index (χ4v) is 6.41. The Kier molecular flexibility index (Phi) is 9.67. The van der Waals surface area contributed by atoms with E-state index in [-0.39, 0.29) is 50.3 Å². The zero-order valence-corrected chi connectivity index (χ0v) is 26.9. The molecular weight excluding hydrogens is 641 g/mol. The second-order valence-corrected chi connectivity index (χ2v) is 14.5. The van der Waals surface area contributed by atoms with E-state index in [4.69, 9.17) is 16.3 Å². The van der Waals surface area contributed by atoms with Gasteiger partial charge in [0.1, 0.15) is 11.4 Å². The number of rotatable bonds is 8. The number of hydrogen-bond donors (Lipinski definition) is 1. The highest BCUT2D eigenvalue weighted by atomic mass is 35.5. The molecule has 0 spiro atoms. The number of likely N-dealkylation sites (tertiary alicyclic amines) is 1. The van der Waals surface area contributed by atoms with E-state index >= 15 is 0 Å². The molecule has 1 aliphatic rings. The van der Waals surface area contributed by atoms with Gasteiger partial charge in [-0.15, -0.1) is 13.2 Å². The van der Waals surface area contributed by atoms with Gasteiger partial charge in [0.2, 0.25) is 0 Å². The van der Waals surface area contributed by atoms with Crippen molar-refractivity contribution in [2.24, 2.45) is 0 Å². The van der Waals surface area contributed by atoms with Crippen molar-refractivity contribution in [1.29, 1.82) is 0 Å². The zero-order valence-electron chi connectivity index (χ0n) is 25.3. The van der Waals surface area contributed by atoms with Gasteiger partial charge in [-0.1, -0.05) is 18.5 Å². The van der Waals surface area contributed by atoms with Crippen LogP contribution >= 0.6 is 11.6 Å². The quantitative estimate of drug-likeness (QED) is 0.369. The maximum absolute atomic E-state index is 13.5. The van der Waals surface area contributed by atoms with E-state index in [2.05, 4.69) is 9.72 Å². The van der Waals surface area contributed by atoms with Gasteiger partial charge in [0.05, 0.1) is 28.1 Å². The number of likely N-dealkylation sites (N-methyl/N-ethyl adjacent to an activating group) is 1. The summed E-state index contributed by atoms with van der Waals surface area (Å²) in [6.07, 6.45) is -5.06. The lowest BCUT2D eigenvalue weighted by molar-refractivity contribution is -0.274. The summed E-state index contributed by atoms with van der Waals surface area (Å²) in [6.45, 7) is 6.90. The lowest BCUT2D eigenvalue weighted by atomic mass is 10.1. The maximum Gasteiger partial charge on any atom is 0.573 e. The molecule has 1 fully saturated rings. The van der Waals surface area contributed by atoms with Crippen molar-refractivity contribution in [2.75, 3.05) is 25.9 Å². The molecule has 246 valence electrons. The van der Waals surface area contributed by atoms with E-state index in [0.29, 0.717) is 24.1 Å². The molecule has 0 saturated carbocycles. The Morgan fingerprint density at radius 1 is 1.11 bits per heavy atom. The molecule has 45 heavy (non-hydrogen) atoms. The van der Waals surface area contributed by atoms with Crippen LogP contribution < -0.4 is 16.0 Å². The third-order valence-corrected chi connectivity index (χ3v) is 9.39. The summed E-state index contributed by atoms with van der Waals surface area (Å²) in [5.41, 5.74) is -2.45. The summed E-state index contributed by atoms with van der Waals surface area (Å²) < 4.78 is 76.1. The molecule has 1 atom stereocenters. The SMILES string of the molecule is CCS(=O)(=O)c1ccc(Cl)cc1Cn1c(=O)[nH]c2cc(CN3CCC(N(C)C(=O)OC(C)(C)C)C3)c(OC(F)(F)F)cc2c1=O. The van der Waals surface area contributed by atoms with Crippen LogP contribution in [0.25, 0.3) is 10.9 Å². The lowest BCUT2D eigenvalue weighted by Gasteiger charge is -2.28. The molecule has 0 radical (unpaired) electrons. The number of aromatic nitrogens is 2. The Labute approximate surface area is 262 Å². The third kappa shape index (κ3) is 8.19. The Morgan fingerprint density at radius 3 is 2.42 bits per heavy atom. The molecule has 3 aromatic rings. The van der Waals surface area contributed by atoms with Gasteiger partial charge >= 0.3 is 18.1 Å². The molecule has 2 heterocycles. The van der Waals surface area contributed by atoms with Gasteiger partial charge in [-0.25, -0.2) is 18.0 Å². The summed E-state index contributed by atoms with van der Waals surface area (Å²) in [5.74, 6) is -0.882. The molecule has 4 rings (SSSR count). The van der Waals surface area contributed by atoms with Gasteiger partial charge < -0.3 is 19.4 Å². The van der Waals surface area contributed by atoms with Crippen molar-refractivity contribution in [3.05, 3.63) is 67.3 Å². The highest BCUT2D eigenvalue weighted by molar-refractivity contribution is 7.91. The minimum atomic E-state index is -5.09.